The van der Waals surface area contributed by atoms with E-state index < -0.39 is 11.9 Å². The monoisotopic (exact) mass is 416 g/mol. The van der Waals surface area contributed by atoms with Gasteiger partial charge in [0.25, 0.3) is 0 Å². The average Bonchev–Trinajstić information content (AvgIpc) is 2.67. The molecule has 0 bridgehead atoms. The van der Waals surface area contributed by atoms with E-state index >= 15 is 0 Å². The fourth-order valence-electron chi connectivity index (χ4n) is 2.50. The lowest BCUT2D eigenvalue weighted by molar-refractivity contribution is -0.159. The van der Waals surface area contributed by atoms with Crippen LogP contribution >= 0.6 is 11.6 Å². The van der Waals surface area contributed by atoms with Crippen LogP contribution in [-0.4, -0.2) is 91.5 Å². The van der Waals surface area contributed by atoms with Crippen molar-refractivity contribution in [1.82, 2.24) is 9.80 Å². The Hall–Kier alpha value is -1.87. The third kappa shape index (κ3) is 9.89. The molecule has 0 atom stereocenters. The van der Waals surface area contributed by atoms with Crippen molar-refractivity contribution in [2.45, 2.75) is 13.3 Å². The van der Waals surface area contributed by atoms with E-state index in [0.717, 1.165) is 62.1 Å². The number of halogens is 1. The number of carboxylic acids is 2. The van der Waals surface area contributed by atoms with Crippen molar-refractivity contribution in [1.29, 1.82) is 0 Å². The maximum Gasteiger partial charge on any atom is 0.414 e. The summed E-state index contributed by atoms with van der Waals surface area (Å²) in [7, 11) is 2.17. The molecule has 1 heterocycles. The van der Waals surface area contributed by atoms with Gasteiger partial charge in [-0.1, -0.05) is 18.5 Å². The molecule has 28 heavy (non-hydrogen) atoms. The summed E-state index contributed by atoms with van der Waals surface area (Å²) in [6.45, 7) is 9.65. The Morgan fingerprint density at radius 1 is 1.07 bits per heavy atom. The summed E-state index contributed by atoms with van der Waals surface area (Å²) in [5.41, 5.74) is 1.12. The molecule has 0 radical (unpaired) electrons. The van der Waals surface area contributed by atoms with E-state index in [-0.39, 0.29) is 0 Å². The molecule has 1 saturated heterocycles. The van der Waals surface area contributed by atoms with Gasteiger partial charge >= 0.3 is 11.9 Å². The number of benzene rings is 1. The van der Waals surface area contributed by atoms with Gasteiger partial charge in [0.15, 0.2) is 0 Å². The van der Waals surface area contributed by atoms with Gasteiger partial charge in [-0.2, -0.15) is 0 Å². The maximum absolute atomic E-state index is 9.10. The van der Waals surface area contributed by atoms with Crippen LogP contribution in [0, 0.1) is 0 Å². The molecule has 2 rings (SSSR count). The average molecular weight is 417 g/mol. The second-order valence-corrected chi connectivity index (χ2v) is 6.73. The molecule has 2 N–H and O–H groups in total. The smallest absolute Gasteiger partial charge is 0.414 e. The van der Waals surface area contributed by atoms with Crippen molar-refractivity contribution >= 4 is 23.5 Å². The highest BCUT2D eigenvalue weighted by Crippen LogP contribution is 2.22. The van der Waals surface area contributed by atoms with Gasteiger partial charge in [-0.3, -0.25) is 4.90 Å². The molecular formula is C19H29ClN2O6. The van der Waals surface area contributed by atoms with Crippen molar-refractivity contribution in [3.8, 4) is 5.75 Å². The van der Waals surface area contributed by atoms with E-state index in [1.54, 1.807) is 0 Å². The van der Waals surface area contributed by atoms with E-state index in [9.17, 15) is 0 Å². The Morgan fingerprint density at radius 2 is 1.71 bits per heavy atom. The van der Waals surface area contributed by atoms with Crippen LogP contribution in [0.3, 0.4) is 0 Å². The number of rotatable bonds is 8. The second kappa shape index (κ2) is 13.3. The molecule has 1 aromatic rings. The highest BCUT2D eigenvalue weighted by molar-refractivity contribution is 6.31. The van der Waals surface area contributed by atoms with Gasteiger partial charge in [-0.25, -0.2) is 9.59 Å². The molecule has 0 aliphatic carbocycles. The summed E-state index contributed by atoms with van der Waals surface area (Å²) in [6.07, 6.45) is 0.914. The highest BCUT2D eigenvalue weighted by Gasteiger charge is 2.12. The number of piperazine rings is 1. The minimum absolute atomic E-state index is 0.577. The molecule has 0 spiro atoms. The fourth-order valence-corrected chi connectivity index (χ4v) is 2.75. The lowest BCUT2D eigenvalue weighted by Gasteiger charge is -2.32. The number of ether oxygens (including phenoxy) is 2. The molecule has 8 nitrogen and oxygen atoms in total. The van der Waals surface area contributed by atoms with Gasteiger partial charge in [0, 0.05) is 37.7 Å². The van der Waals surface area contributed by atoms with Crippen LogP contribution < -0.4 is 4.74 Å². The van der Waals surface area contributed by atoms with E-state index in [1.165, 1.54) is 0 Å². The first-order valence-electron chi connectivity index (χ1n) is 9.19. The van der Waals surface area contributed by atoms with Crippen LogP contribution in [0.15, 0.2) is 18.2 Å². The Bertz CT molecular complexity index is 608. The van der Waals surface area contributed by atoms with Crippen LogP contribution in [0.5, 0.6) is 5.75 Å². The fraction of sp³-hybridized carbons (Fsp3) is 0.579. The Morgan fingerprint density at radius 3 is 2.29 bits per heavy atom. The molecule has 1 aromatic carbocycles. The predicted molar refractivity (Wildman–Crippen MR) is 106 cm³/mol. The molecule has 1 fully saturated rings. The van der Waals surface area contributed by atoms with E-state index in [1.807, 2.05) is 18.2 Å². The first-order chi connectivity index (χ1) is 13.3. The number of hydrogen-bond donors (Lipinski definition) is 2. The number of hydrogen-bond acceptors (Lipinski definition) is 6. The van der Waals surface area contributed by atoms with Gasteiger partial charge in [-0.15, -0.1) is 0 Å². The lowest BCUT2D eigenvalue weighted by atomic mass is 10.1. The molecule has 1 aliphatic heterocycles. The Labute approximate surface area is 170 Å². The van der Waals surface area contributed by atoms with Gasteiger partial charge in [-0.05, 0) is 37.2 Å². The van der Waals surface area contributed by atoms with E-state index in [0.29, 0.717) is 13.2 Å². The van der Waals surface area contributed by atoms with Gasteiger partial charge < -0.3 is 24.6 Å². The SMILES string of the molecule is CCc1cc(OCCOCCN2CCN(C)CC2)ccc1Cl.O=C(O)C(=O)O. The van der Waals surface area contributed by atoms with Crippen molar-refractivity contribution in [3.63, 3.8) is 0 Å². The van der Waals surface area contributed by atoms with Crippen LogP contribution in [0.2, 0.25) is 5.02 Å². The second-order valence-electron chi connectivity index (χ2n) is 6.32. The lowest BCUT2D eigenvalue weighted by Crippen LogP contribution is -2.45. The summed E-state index contributed by atoms with van der Waals surface area (Å²) >= 11 is 6.09. The third-order valence-corrected chi connectivity index (χ3v) is 4.59. The first kappa shape index (κ1) is 24.2. The zero-order valence-electron chi connectivity index (χ0n) is 16.4. The van der Waals surface area contributed by atoms with E-state index in [4.69, 9.17) is 40.9 Å². The Balaban J connectivity index is 0.000000568. The number of nitrogens with zero attached hydrogens (tertiary/aromatic N) is 2. The molecule has 1 aliphatic rings. The highest BCUT2D eigenvalue weighted by atomic mass is 35.5. The van der Waals surface area contributed by atoms with Crippen molar-refractivity contribution < 1.29 is 29.3 Å². The predicted octanol–water partition coefficient (Wildman–Crippen LogP) is 1.70. The summed E-state index contributed by atoms with van der Waals surface area (Å²) < 4.78 is 11.4. The topological polar surface area (TPSA) is 99.5 Å². The van der Waals surface area contributed by atoms with Crippen LogP contribution in [0.1, 0.15) is 12.5 Å². The van der Waals surface area contributed by atoms with Crippen LogP contribution in [0.25, 0.3) is 0 Å². The normalized spacial score (nSPS) is 14.8. The van der Waals surface area contributed by atoms with Crippen LogP contribution in [-0.2, 0) is 20.7 Å². The molecule has 158 valence electrons. The zero-order chi connectivity index (χ0) is 20.9. The summed E-state index contributed by atoms with van der Waals surface area (Å²) in [6, 6.07) is 5.81. The summed E-state index contributed by atoms with van der Waals surface area (Å²) in [4.78, 5) is 23.0. The number of aryl methyl sites for hydroxylation is 1. The van der Waals surface area contributed by atoms with E-state index in [2.05, 4.69) is 23.8 Å². The minimum atomic E-state index is -1.82. The molecule has 9 heteroatoms. The number of carbonyl (C=O) groups is 2. The molecule has 0 amide bonds. The number of carboxylic acid groups (broad SMARTS) is 2. The van der Waals surface area contributed by atoms with Crippen molar-refractivity contribution in [2.24, 2.45) is 0 Å². The third-order valence-electron chi connectivity index (χ3n) is 4.23. The van der Waals surface area contributed by atoms with Gasteiger partial charge in [0.05, 0.1) is 13.2 Å². The minimum Gasteiger partial charge on any atom is -0.491 e. The number of aliphatic carboxylic acids is 2. The first-order valence-corrected chi connectivity index (χ1v) is 9.57. The molecule has 0 saturated carbocycles. The van der Waals surface area contributed by atoms with Gasteiger partial charge in [0.1, 0.15) is 12.4 Å². The Kier molecular flexibility index (Phi) is 11.5. The van der Waals surface area contributed by atoms with Crippen LogP contribution in [0.4, 0.5) is 0 Å². The quantitative estimate of drug-likeness (QED) is 0.488. The van der Waals surface area contributed by atoms with Crippen molar-refractivity contribution in [2.75, 3.05) is 59.6 Å². The number of likely N-dealkylation sites (N-methyl/N-ethyl adjacent to an activating group) is 1. The standard InChI is InChI=1S/C17H27ClN2O2.C2H2O4/c1-3-15-14-16(4-5-17(15)18)22-13-12-21-11-10-20-8-6-19(2)7-9-20;3-1(4)2(5)6/h4-5,14H,3,6-13H2,1-2H3;(H,3,4)(H,5,6). The zero-order valence-corrected chi connectivity index (χ0v) is 17.2. The maximum atomic E-state index is 9.10. The molecule has 0 unspecified atom stereocenters. The summed E-state index contributed by atoms with van der Waals surface area (Å²) in [5, 5.41) is 15.6. The molecule has 0 aromatic heterocycles. The van der Waals surface area contributed by atoms with Gasteiger partial charge in [0.2, 0.25) is 0 Å². The summed E-state index contributed by atoms with van der Waals surface area (Å²) in [5.74, 6) is -2.78. The largest absolute Gasteiger partial charge is 0.491 e. The molecular weight excluding hydrogens is 388 g/mol. The van der Waals surface area contributed by atoms with Crippen molar-refractivity contribution in [3.05, 3.63) is 28.8 Å².